The Labute approximate surface area is 193 Å². The number of sulfonamides is 1. The van der Waals surface area contributed by atoms with Gasteiger partial charge in [-0.2, -0.15) is 11.8 Å². The third kappa shape index (κ3) is 7.38. The minimum atomic E-state index is -3.60. The Morgan fingerprint density at radius 3 is 2.47 bits per heavy atom. The molecule has 30 heavy (non-hydrogen) atoms. The molecular weight excluding hydrogens is 463 g/mol. The fraction of sp³-hybridized carbons (Fsp3) is 0.381. The van der Waals surface area contributed by atoms with Gasteiger partial charge in [0.05, 0.1) is 22.0 Å². The maximum Gasteiger partial charge on any atom is 0.240 e. The maximum absolute atomic E-state index is 12.4. The number of carbonyl (C=O) groups excluding carboxylic acids is 1. The molecule has 0 aliphatic rings. The van der Waals surface area contributed by atoms with Crippen molar-refractivity contribution in [3.05, 3.63) is 63.6 Å². The summed E-state index contributed by atoms with van der Waals surface area (Å²) in [5.41, 5.74) is 2.47. The molecule has 0 saturated heterocycles. The molecule has 1 N–H and O–H groups in total. The summed E-state index contributed by atoms with van der Waals surface area (Å²) in [4.78, 5) is 12.4. The van der Waals surface area contributed by atoms with E-state index in [9.17, 15) is 13.2 Å². The van der Waals surface area contributed by atoms with E-state index in [1.165, 1.54) is 4.31 Å². The lowest BCUT2D eigenvalue weighted by Gasteiger charge is -2.25. The number of para-hydroxylation sites is 1. The molecule has 1 amide bonds. The molecule has 2 aromatic carbocycles. The van der Waals surface area contributed by atoms with Gasteiger partial charge in [0.25, 0.3) is 0 Å². The topological polar surface area (TPSA) is 66.5 Å². The van der Waals surface area contributed by atoms with Crippen molar-refractivity contribution in [2.45, 2.75) is 25.5 Å². The number of benzene rings is 2. The van der Waals surface area contributed by atoms with E-state index in [1.807, 2.05) is 38.1 Å². The van der Waals surface area contributed by atoms with Crippen LogP contribution in [0, 0.1) is 0 Å². The Hall–Kier alpha value is -1.41. The highest BCUT2D eigenvalue weighted by molar-refractivity contribution is 7.98. The Morgan fingerprint density at radius 2 is 1.83 bits per heavy atom. The lowest BCUT2D eigenvalue weighted by atomic mass is 10.0. The number of carbonyl (C=O) groups is 1. The molecule has 0 unspecified atom stereocenters. The fourth-order valence-electron chi connectivity index (χ4n) is 2.85. The summed E-state index contributed by atoms with van der Waals surface area (Å²) < 4.78 is 25.9. The van der Waals surface area contributed by atoms with Gasteiger partial charge in [0.15, 0.2) is 0 Å². The largest absolute Gasteiger partial charge is 0.354 e. The van der Waals surface area contributed by atoms with E-state index in [0.29, 0.717) is 28.0 Å². The third-order valence-electron chi connectivity index (χ3n) is 4.34. The highest BCUT2D eigenvalue weighted by Gasteiger charge is 2.23. The summed E-state index contributed by atoms with van der Waals surface area (Å²) in [6.07, 6.45) is 1.12. The second kappa shape index (κ2) is 11.3. The standard InChI is InChI=1S/C21H26Cl2N2O3S2/c1-15(2)17-6-4-5-7-20(17)25(30(3,27)28)13-21(26)24-10-11-29-14-16-8-9-18(22)19(23)12-16/h4-9,12,15H,10-11,13-14H2,1-3H3,(H,24,26). The zero-order chi connectivity index (χ0) is 22.3. The monoisotopic (exact) mass is 488 g/mol. The smallest absolute Gasteiger partial charge is 0.240 e. The Morgan fingerprint density at radius 1 is 1.13 bits per heavy atom. The minimum Gasteiger partial charge on any atom is -0.354 e. The van der Waals surface area contributed by atoms with Gasteiger partial charge in [0, 0.05) is 18.1 Å². The predicted octanol–water partition coefficient (Wildman–Crippen LogP) is 4.93. The molecule has 0 heterocycles. The van der Waals surface area contributed by atoms with Gasteiger partial charge in [-0.15, -0.1) is 0 Å². The van der Waals surface area contributed by atoms with Gasteiger partial charge >= 0.3 is 0 Å². The van der Waals surface area contributed by atoms with E-state index < -0.39 is 10.0 Å². The van der Waals surface area contributed by atoms with Crippen molar-refractivity contribution in [1.29, 1.82) is 0 Å². The molecule has 164 valence electrons. The van der Waals surface area contributed by atoms with Gasteiger partial charge in [-0.1, -0.05) is 61.3 Å². The normalized spacial score (nSPS) is 11.5. The number of rotatable bonds is 10. The van der Waals surface area contributed by atoms with E-state index in [1.54, 1.807) is 30.0 Å². The molecule has 2 rings (SSSR count). The Bertz CT molecular complexity index is 982. The number of hydrogen-bond acceptors (Lipinski definition) is 4. The number of anilines is 1. The van der Waals surface area contributed by atoms with Crippen LogP contribution in [0.1, 0.15) is 30.9 Å². The van der Waals surface area contributed by atoms with Crippen LogP contribution < -0.4 is 9.62 Å². The van der Waals surface area contributed by atoms with Crippen molar-refractivity contribution < 1.29 is 13.2 Å². The summed E-state index contributed by atoms with van der Waals surface area (Å²) in [7, 11) is -3.60. The summed E-state index contributed by atoms with van der Waals surface area (Å²) in [5, 5.41) is 3.84. The molecule has 2 aromatic rings. The van der Waals surface area contributed by atoms with Crippen molar-refractivity contribution in [1.82, 2.24) is 5.32 Å². The van der Waals surface area contributed by atoms with Crippen LogP contribution in [0.3, 0.4) is 0 Å². The zero-order valence-corrected chi connectivity index (χ0v) is 20.3. The third-order valence-corrected chi connectivity index (χ3v) is 7.23. The molecule has 0 aromatic heterocycles. The average Bonchev–Trinajstić information content (AvgIpc) is 2.67. The van der Waals surface area contributed by atoms with Gasteiger partial charge in [0.1, 0.15) is 6.54 Å². The van der Waals surface area contributed by atoms with Crippen LogP contribution in [-0.2, 0) is 20.6 Å². The van der Waals surface area contributed by atoms with Crippen molar-refractivity contribution in [2.24, 2.45) is 0 Å². The van der Waals surface area contributed by atoms with Gasteiger partial charge in [-0.05, 0) is 35.2 Å². The van der Waals surface area contributed by atoms with Crippen LogP contribution in [0.25, 0.3) is 0 Å². The first-order chi connectivity index (χ1) is 14.1. The summed E-state index contributed by atoms with van der Waals surface area (Å²) in [6, 6.07) is 12.8. The summed E-state index contributed by atoms with van der Waals surface area (Å²) in [5.74, 6) is 1.22. The van der Waals surface area contributed by atoms with Crippen molar-refractivity contribution in [2.75, 3.05) is 29.4 Å². The molecule has 5 nitrogen and oxygen atoms in total. The van der Waals surface area contributed by atoms with Gasteiger partial charge < -0.3 is 5.32 Å². The lowest BCUT2D eigenvalue weighted by molar-refractivity contribution is -0.119. The first-order valence-electron chi connectivity index (χ1n) is 9.44. The van der Waals surface area contributed by atoms with Gasteiger partial charge in [0.2, 0.25) is 15.9 Å². The van der Waals surface area contributed by atoms with Crippen LogP contribution in [-0.4, -0.2) is 39.4 Å². The van der Waals surface area contributed by atoms with E-state index in [0.717, 1.165) is 23.1 Å². The summed E-state index contributed by atoms with van der Waals surface area (Å²) >= 11 is 13.6. The second-order valence-electron chi connectivity index (χ2n) is 7.13. The lowest BCUT2D eigenvalue weighted by Crippen LogP contribution is -2.41. The molecule has 0 bridgehead atoms. The van der Waals surface area contributed by atoms with E-state index in [2.05, 4.69) is 5.32 Å². The average molecular weight is 489 g/mol. The first-order valence-corrected chi connectivity index (χ1v) is 13.2. The van der Waals surface area contributed by atoms with E-state index >= 15 is 0 Å². The molecule has 0 spiro atoms. The minimum absolute atomic E-state index is 0.131. The molecular formula is C21H26Cl2N2O3S2. The quantitative estimate of drug-likeness (QED) is 0.481. The number of amides is 1. The number of halogens is 2. The highest BCUT2D eigenvalue weighted by atomic mass is 35.5. The SMILES string of the molecule is CC(C)c1ccccc1N(CC(=O)NCCSCc1ccc(Cl)c(Cl)c1)S(C)(=O)=O. The summed E-state index contributed by atoms with van der Waals surface area (Å²) in [6.45, 7) is 4.17. The number of hydrogen-bond donors (Lipinski definition) is 1. The van der Waals surface area contributed by atoms with Crippen LogP contribution in [0.15, 0.2) is 42.5 Å². The van der Waals surface area contributed by atoms with Crippen LogP contribution in [0.2, 0.25) is 10.0 Å². The van der Waals surface area contributed by atoms with E-state index in [4.69, 9.17) is 23.2 Å². The van der Waals surface area contributed by atoms with Gasteiger partial charge in [-0.3, -0.25) is 9.10 Å². The zero-order valence-electron chi connectivity index (χ0n) is 17.2. The van der Waals surface area contributed by atoms with Crippen molar-refractivity contribution in [3.8, 4) is 0 Å². The molecule has 0 radical (unpaired) electrons. The first kappa shape index (κ1) is 24.9. The molecule has 0 aliphatic carbocycles. The maximum atomic E-state index is 12.4. The molecule has 0 atom stereocenters. The van der Waals surface area contributed by atoms with Crippen LogP contribution in [0.4, 0.5) is 5.69 Å². The van der Waals surface area contributed by atoms with E-state index in [-0.39, 0.29) is 18.4 Å². The van der Waals surface area contributed by atoms with Gasteiger partial charge in [-0.25, -0.2) is 8.42 Å². The molecule has 9 heteroatoms. The van der Waals surface area contributed by atoms with Crippen molar-refractivity contribution in [3.63, 3.8) is 0 Å². The molecule has 0 aliphatic heterocycles. The van der Waals surface area contributed by atoms with Crippen molar-refractivity contribution >= 4 is 56.6 Å². The fourth-order valence-corrected chi connectivity index (χ4v) is 4.85. The second-order valence-corrected chi connectivity index (χ2v) is 11.0. The highest BCUT2D eigenvalue weighted by Crippen LogP contribution is 2.29. The van der Waals surface area contributed by atoms with Crippen LogP contribution >= 0.6 is 35.0 Å². The number of thioether (sulfide) groups is 1. The Balaban J connectivity index is 1.90. The number of nitrogens with zero attached hydrogens (tertiary/aromatic N) is 1. The molecule has 0 fully saturated rings. The molecule has 0 saturated carbocycles. The van der Waals surface area contributed by atoms with Crippen LogP contribution in [0.5, 0.6) is 0 Å². The number of nitrogens with one attached hydrogen (secondary N) is 1. The Kier molecular flexibility index (Phi) is 9.34. The predicted molar refractivity (Wildman–Crippen MR) is 128 cm³/mol.